The van der Waals surface area contributed by atoms with Crippen molar-refractivity contribution >= 4 is 104 Å². The minimum atomic E-state index is -5.41. The average Bonchev–Trinajstić information content (AvgIpc) is 1.63. The second kappa shape index (κ2) is 25.1. The molecule has 12 nitrogen and oxygen atoms in total. The molecule has 1 saturated heterocycles. The molecule has 462 valence electrons. The zero-order valence-corrected chi connectivity index (χ0v) is 64.5. The van der Waals surface area contributed by atoms with Crippen LogP contribution in [0.1, 0.15) is 125 Å². The van der Waals surface area contributed by atoms with Crippen LogP contribution in [0.15, 0.2) is 146 Å². The Morgan fingerprint density at radius 1 is 0.214 bits per heavy atom. The molecule has 0 saturated carbocycles. The molecule has 0 radical (unpaired) electrons. The Kier molecular flexibility index (Phi) is 20.4. The van der Waals surface area contributed by atoms with Crippen molar-refractivity contribution in [1.82, 2.24) is 0 Å². The van der Waals surface area contributed by atoms with Crippen LogP contribution in [0.2, 0.25) is 30.2 Å². The summed E-state index contributed by atoms with van der Waals surface area (Å²) in [7, 11) is -2.37. The molecule has 1 aliphatic heterocycles. The molecule has 1 aliphatic rings. The molecular weight excluding hydrogens is 1450 g/mol. The standard InChI is InChI=1S/C66H96O12Si3Te3/c1-61(2,3)79(62(4,5)6)73-82(55-37-25-49(67-19)26-38-55,56-39-27-50(68-20)28-40-56)75-80(63(7,8)9,64(10,11)12)77-84(59-45-33-53(71-23)34-46-59,60-47-35-54(72-24)36-48-60)78-81(65(13,14)15,66(16,17)18)76-83(74-79,57-41-29-51(69-21)30-42-57)58-43-31-52(70-22)32-44-58/h25-48H,1-24H3. The minimum absolute atomic E-state index is 0.700. The van der Waals surface area contributed by atoms with Gasteiger partial charge in [-0.25, -0.2) is 0 Å². The fourth-order valence-electron chi connectivity index (χ4n) is 11.5. The molecule has 0 aliphatic carbocycles. The van der Waals surface area contributed by atoms with Gasteiger partial charge in [0.05, 0.1) is 0 Å². The summed E-state index contributed by atoms with van der Waals surface area (Å²) < 4.78 is 96.4. The van der Waals surface area contributed by atoms with Crippen molar-refractivity contribution in [2.24, 2.45) is 0 Å². The fourth-order valence-corrected chi connectivity index (χ4v) is 96.3. The van der Waals surface area contributed by atoms with Crippen LogP contribution in [-0.4, -0.2) is 125 Å². The Labute approximate surface area is 522 Å². The summed E-state index contributed by atoms with van der Waals surface area (Å²) in [5, 5.41) is -4.30. The molecule has 6 aromatic carbocycles. The van der Waals surface area contributed by atoms with E-state index in [0.717, 1.165) is 21.7 Å². The van der Waals surface area contributed by atoms with E-state index in [2.05, 4.69) is 197 Å². The number of hydrogen-bond acceptors (Lipinski definition) is 12. The third-order valence-electron chi connectivity index (χ3n) is 15.6. The molecule has 7 rings (SSSR count). The summed E-state index contributed by atoms with van der Waals surface area (Å²) in [6, 6.07) is 50.1. The Bertz CT molecular complexity index is 2580. The molecule has 0 aromatic heterocycles. The van der Waals surface area contributed by atoms with E-state index in [-0.39, 0.29) is 0 Å². The molecule has 84 heavy (non-hydrogen) atoms. The summed E-state index contributed by atoms with van der Waals surface area (Å²) in [4.78, 5) is 0. The van der Waals surface area contributed by atoms with E-state index >= 15 is 0 Å². The number of methoxy groups -OCH3 is 6. The topological polar surface area (TPSA) is 111 Å². The van der Waals surface area contributed by atoms with Gasteiger partial charge in [-0.05, 0) is 0 Å². The maximum atomic E-state index is 9.20. The first-order valence-electron chi connectivity index (χ1n) is 28.6. The summed E-state index contributed by atoms with van der Waals surface area (Å²) in [6.07, 6.45) is 0. The molecule has 0 unspecified atom stereocenters. The monoisotopic (exact) mass is 1550 g/mol. The van der Waals surface area contributed by atoms with E-state index < -0.39 is 113 Å². The molecule has 1 fully saturated rings. The fraction of sp³-hybridized carbons (Fsp3) is 0.455. The van der Waals surface area contributed by atoms with E-state index in [1.165, 1.54) is 0 Å². The number of hydrogen-bond donors (Lipinski definition) is 0. The van der Waals surface area contributed by atoms with Crippen molar-refractivity contribution in [1.29, 1.82) is 0 Å². The van der Waals surface area contributed by atoms with Gasteiger partial charge in [-0.15, -0.1) is 0 Å². The van der Waals surface area contributed by atoms with Crippen LogP contribution >= 0.6 is 0 Å². The van der Waals surface area contributed by atoms with Crippen LogP contribution in [0.5, 0.6) is 34.5 Å². The first-order valence-corrected chi connectivity index (χ1v) is 46.7. The molecule has 0 N–H and O–H groups in total. The second-order valence-electron chi connectivity index (χ2n) is 27.4. The number of benzene rings is 6. The van der Waals surface area contributed by atoms with Gasteiger partial charge in [-0.1, -0.05) is 0 Å². The Morgan fingerprint density at radius 2 is 0.321 bits per heavy atom. The van der Waals surface area contributed by atoms with Crippen LogP contribution in [0.3, 0.4) is 0 Å². The van der Waals surface area contributed by atoms with Crippen molar-refractivity contribution in [3.8, 4) is 34.5 Å². The quantitative estimate of drug-likeness (QED) is 0.109. The van der Waals surface area contributed by atoms with Gasteiger partial charge in [0.2, 0.25) is 0 Å². The summed E-state index contributed by atoms with van der Waals surface area (Å²) in [6.45, 7) is 41.2. The Morgan fingerprint density at radius 3 is 0.405 bits per heavy atom. The normalized spacial score (nSPS) is 19.4. The van der Waals surface area contributed by atoms with Crippen molar-refractivity contribution < 1.29 is 45.2 Å². The van der Waals surface area contributed by atoms with E-state index in [9.17, 15) is 16.7 Å². The first kappa shape index (κ1) is 68.4. The van der Waals surface area contributed by atoms with Gasteiger partial charge in [0.25, 0.3) is 0 Å². The molecule has 1 heterocycles. The van der Waals surface area contributed by atoms with Gasteiger partial charge in [-0.2, -0.15) is 0 Å². The zero-order chi connectivity index (χ0) is 62.4. The van der Waals surface area contributed by atoms with Gasteiger partial charge in [-0.3, -0.25) is 0 Å². The first-order chi connectivity index (χ1) is 39.0. The third-order valence-corrected chi connectivity index (χ3v) is 69.6. The Balaban J connectivity index is 1.92. The molecule has 0 amide bonds. The van der Waals surface area contributed by atoms with E-state index in [1.807, 2.05) is 72.8 Å². The molecule has 0 atom stereocenters. The molecule has 6 aromatic rings. The van der Waals surface area contributed by atoms with Crippen LogP contribution in [-0.2, 0) is 16.7 Å². The third kappa shape index (κ3) is 12.6. The van der Waals surface area contributed by atoms with Gasteiger partial charge < -0.3 is 0 Å². The predicted molar refractivity (Wildman–Crippen MR) is 355 cm³/mol. The summed E-state index contributed by atoms with van der Waals surface area (Å²) in [5.74, 6) is 4.20. The SMILES string of the molecule is COc1ccc([Te]2(c3ccc(OC)cc3)O[Si](C(C)(C)C)(C(C)(C)C)O[Te](c3ccc(OC)cc3)(c3ccc(OC)cc3)O[Si](C(C)(C)C)(C(C)(C)C)O[Te](c3ccc(OC)cc3)(c3ccc(OC)cc3)O[Si](C(C)(C)C)(C(C)(C)C)O2)cc1. The van der Waals surface area contributed by atoms with Crippen LogP contribution in [0, 0.1) is 0 Å². The zero-order valence-electron chi connectivity index (χ0n) is 54.5. The van der Waals surface area contributed by atoms with Crippen molar-refractivity contribution in [3.63, 3.8) is 0 Å². The van der Waals surface area contributed by atoms with Crippen molar-refractivity contribution in [3.05, 3.63) is 146 Å². The predicted octanol–water partition coefficient (Wildman–Crippen LogP) is 13.0. The van der Waals surface area contributed by atoms with Crippen LogP contribution in [0.4, 0.5) is 0 Å². The second-order valence-corrected chi connectivity index (χ2v) is 66.4. The average molecular weight is 1550 g/mol. The Hall–Kier alpha value is -3.10. The number of rotatable bonds is 12. The van der Waals surface area contributed by atoms with E-state index in [1.54, 1.807) is 42.7 Å². The molecule has 18 heteroatoms. The van der Waals surface area contributed by atoms with Crippen molar-refractivity contribution in [2.75, 3.05) is 42.7 Å². The molecule has 0 spiro atoms. The number of ether oxygens (including phenoxy) is 6. The van der Waals surface area contributed by atoms with Crippen LogP contribution in [0.25, 0.3) is 0 Å². The van der Waals surface area contributed by atoms with E-state index in [4.69, 9.17) is 28.4 Å². The summed E-state index contributed by atoms with van der Waals surface area (Å²) in [5.41, 5.74) is 0. The van der Waals surface area contributed by atoms with Gasteiger partial charge >= 0.3 is 527 Å². The van der Waals surface area contributed by atoms with Gasteiger partial charge in [0, 0.05) is 0 Å². The maximum absolute atomic E-state index is 9.20. The van der Waals surface area contributed by atoms with Crippen molar-refractivity contribution in [2.45, 2.75) is 155 Å². The van der Waals surface area contributed by atoms with Gasteiger partial charge in [0.1, 0.15) is 0 Å². The molecule has 0 bridgehead atoms. The summed E-state index contributed by atoms with van der Waals surface area (Å²) >= 11 is -16.2. The molecular formula is C66H96O12Si3Te3. The van der Waals surface area contributed by atoms with Gasteiger partial charge in [0.15, 0.2) is 0 Å². The van der Waals surface area contributed by atoms with Crippen LogP contribution < -0.4 is 50.1 Å². The van der Waals surface area contributed by atoms with E-state index in [0.29, 0.717) is 34.5 Å².